The fourth-order valence-corrected chi connectivity index (χ4v) is 8.75. The Balaban J connectivity index is 1.21. The third kappa shape index (κ3) is 11.0. The number of rotatable bonds is 14. The lowest BCUT2D eigenvalue weighted by atomic mass is 9.80. The average Bonchev–Trinajstić information content (AvgIpc) is 3.61. The van der Waals surface area contributed by atoms with Crippen molar-refractivity contribution in [1.29, 1.82) is 0 Å². The highest BCUT2D eigenvalue weighted by atomic mass is 35.5. The van der Waals surface area contributed by atoms with Crippen molar-refractivity contribution in [3.63, 3.8) is 0 Å². The number of alkyl halides is 1. The summed E-state index contributed by atoms with van der Waals surface area (Å²) in [5.74, 6) is -0.610. The number of Topliss-reactive ketones (excluding diaryl/α,β-unsaturated/α-hetero) is 1. The van der Waals surface area contributed by atoms with Crippen LogP contribution in [0, 0.1) is 11.8 Å². The third-order valence-electron chi connectivity index (χ3n) is 9.93. The molecule has 2 aliphatic heterocycles. The van der Waals surface area contributed by atoms with Crippen molar-refractivity contribution < 1.29 is 33.4 Å². The van der Waals surface area contributed by atoms with Gasteiger partial charge in [-0.3, -0.25) is 14.4 Å². The van der Waals surface area contributed by atoms with E-state index in [4.69, 9.17) is 26.8 Å². The summed E-state index contributed by atoms with van der Waals surface area (Å²) >= 11 is 7.57. The first-order chi connectivity index (χ1) is 25.2. The van der Waals surface area contributed by atoms with Crippen LogP contribution in [0.4, 0.5) is 9.59 Å². The van der Waals surface area contributed by atoms with E-state index in [1.54, 1.807) is 53.1 Å². The Labute approximate surface area is 314 Å². The Morgan fingerprint density at radius 3 is 2.25 bits per heavy atom. The van der Waals surface area contributed by atoms with Crippen molar-refractivity contribution in [2.75, 3.05) is 18.2 Å². The molecule has 0 radical (unpaired) electrons. The van der Waals surface area contributed by atoms with Gasteiger partial charge in [-0.25, -0.2) is 14.5 Å². The molecule has 2 aromatic rings. The van der Waals surface area contributed by atoms with Crippen molar-refractivity contribution >= 4 is 59.1 Å². The number of carbonyl (C=O) groups is 5. The second-order valence-electron chi connectivity index (χ2n) is 13.6. The maximum atomic E-state index is 13.7. The van der Waals surface area contributed by atoms with Crippen LogP contribution in [0.3, 0.4) is 0 Å². The van der Waals surface area contributed by atoms with E-state index in [0.29, 0.717) is 11.7 Å². The molecule has 4 amide bonds. The predicted octanol–water partition coefficient (Wildman–Crippen LogP) is 6.00. The number of carbonyl (C=O) groups excluding carboxylic acids is 5. The van der Waals surface area contributed by atoms with E-state index >= 15 is 0 Å². The molecule has 3 N–H and O–H groups in total. The van der Waals surface area contributed by atoms with E-state index in [1.165, 1.54) is 19.3 Å². The molecule has 0 spiro atoms. The molecular weight excluding hydrogens is 706 g/mol. The summed E-state index contributed by atoms with van der Waals surface area (Å²) in [6.07, 6.45) is 6.97. The van der Waals surface area contributed by atoms with Crippen molar-refractivity contribution in [1.82, 2.24) is 15.1 Å². The van der Waals surface area contributed by atoms with Gasteiger partial charge in [0.05, 0.1) is 17.3 Å². The van der Waals surface area contributed by atoms with Crippen molar-refractivity contribution in [2.45, 2.75) is 94.9 Å². The van der Waals surface area contributed by atoms with Crippen LogP contribution in [-0.2, 0) is 37.1 Å². The van der Waals surface area contributed by atoms with E-state index in [-0.39, 0.29) is 55.7 Å². The van der Waals surface area contributed by atoms with Gasteiger partial charge in [0.15, 0.2) is 5.78 Å². The number of benzene rings is 2. The smallest absolute Gasteiger partial charge is 0.437 e. The second kappa shape index (κ2) is 19.7. The number of ketones is 1. The van der Waals surface area contributed by atoms with Gasteiger partial charge in [0.1, 0.15) is 19.3 Å². The van der Waals surface area contributed by atoms with Gasteiger partial charge in [-0.1, -0.05) is 92.8 Å². The third-order valence-corrected chi connectivity index (χ3v) is 11.5. The summed E-state index contributed by atoms with van der Waals surface area (Å²) in [4.78, 5) is 72.7. The number of hydrogen-bond donors (Lipinski definition) is 2. The zero-order valence-electron chi connectivity index (χ0n) is 29.3. The van der Waals surface area contributed by atoms with Gasteiger partial charge >= 0.3 is 12.2 Å². The second-order valence-corrected chi connectivity index (χ2v) is 15.0. The van der Waals surface area contributed by atoms with Gasteiger partial charge in [0.25, 0.3) is 0 Å². The number of hydrogen-bond acceptors (Lipinski definition) is 8. The minimum atomic E-state index is -0.995. The van der Waals surface area contributed by atoms with Gasteiger partial charge in [0, 0.05) is 18.2 Å². The van der Waals surface area contributed by atoms with Crippen LogP contribution < -0.4 is 11.1 Å². The zero-order chi connectivity index (χ0) is 36.9. The molecule has 0 bridgehead atoms. The summed E-state index contributed by atoms with van der Waals surface area (Å²) in [6.45, 7) is -0.185. The monoisotopic (exact) mass is 753 g/mol. The minimum Gasteiger partial charge on any atom is -0.444 e. The van der Waals surface area contributed by atoms with Gasteiger partial charge in [-0.15, -0.1) is 28.4 Å². The molecule has 5 rings (SSSR count). The lowest BCUT2D eigenvalue weighted by molar-refractivity contribution is -0.147. The number of nitrogens with one attached hydrogen (secondary N) is 1. The van der Waals surface area contributed by atoms with Crippen LogP contribution in [0.15, 0.2) is 65.7 Å². The number of ether oxygens (including phenoxy) is 2. The topological polar surface area (TPSA) is 161 Å². The van der Waals surface area contributed by atoms with E-state index in [9.17, 15) is 24.0 Å². The molecule has 4 atom stereocenters. The normalized spacial score (nSPS) is 21.2. The first kappa shape index (κ1) is 39.1. The van der Waals surface area contributed by atoms with E-state index in [1.807, 2.05) is 24.3 Å². The number of amides is 4. The number of fused-ring (bicyclic) bond motifs is 1. The number of nitrogens with two attached hydrogens (primary N) is 1. The molecule has 3 fully saturated rings. The number of thioether (sulfide) groups is 1. The van der Waals surface area contributed by atoms with Crippen LogP contribution in [0.5, 0.6) is 0 Å². The summed E-state index contributed by atoms with van der Waals surface area (Å²) in [5.41, 5.74) is 7.63. The quantitative estimate of drug-likeness (QED) is 0.134. The van der Waals surface area contributed by atoms with Crippen LogP contribution in [0.2, 0.25) is 0 Å². The van der Waals surface area contributed by atoms with Crippen LogP contribution >= 0.6 is 23.4 Å². The van der Waals surface area contributed by atoms with E-state index in [2.05, 4.69) is 10.3 Å². The molecule has 280 valence electrons. The Kier molecular flexibility index (Phi) is 14.8. The molecule has 2 heterocycles. The van der Waals surface area contributed by atoms with Crippen LogP contribution in [0.1, 0.15) is 75.3 Å². The average molecular weight is 754 g/mol. The molecule has 52 heavy (non-hydrogen) atoms. The molecule has 1 aliphatic carbocycles. The largest absolute Gasteiger partial charge is 0.444 e. The SMILES string of the molecule is NC(=NC(=O)OCc1ccccc1)N(CCC[C@@H](NC(=O)[C@@H]1CSC2CCC(CC3CCCCC3)C(=O)N21)C(=O)CCl)C(=O)OCc1ccccc1. The maximum Gasteiger partial charge on any atom is 0.437 e. The maximum absolute atomic E-state index is 13.7. The first-order valence-electron chi connectivity index (χ1n) is 18.1. The fraction of sp³-hybridized carbons (Fsp3) is 0.526. The van der Waals surface area contributed by atoms with Gasteiger partial charge in [0.2, 0.25) is 17.8 Å². The highest BCUT2D eigenvalue weighted by Crippen LogP contribution is 2.41. The molecule has 14 heteroatoms. The Morgan fingerprint density at radius 1 is 0.942 bits per heavy atom. The predicted molar refractivity (Wildman–Crippen MR) is 199 cm³/mol. The van der Waals surface area contributed by atoms with Gasteiger partial charge in [-0.2, -0.15) is 0 Å². The van der Waals surface area contributed by atoms with Gasteiger partial charge < -0.3 is 25.4 Å². The summed E-state index contributed by atoms with van der Waals surface area (Å²) in [5, 5.41) is 2.80. The lowest BCUT2D eigenvalue weighted by Crippen LogP contribution is -2.56. The Bertz CT molecular complexity index is 1560. The van der Waals surface area contributed by atoms with E-state index < -0.39 is 41.9 Å². The molecule has 3 aliphatic rings. The zero-order valence-corrected chi connectivity index (χ0v) is 30.9. The minimum absolute atomic E-state index is 0.0360. The number of halogens is 1. The standard InChI is InChI=1S/C38H48ClN5O7S/c39-22-32(45)30(41-34(46)31-25-52-33-19-18-29(35(47)44(31)33)21-26-11-4-1-5-12-26)17-10-20-43(38(49)51-24-28-15-8-3-9-16-28)36(40)42-37(48)50-23-27-13-6-2-7-14-27/h2-3,6-9,13-16,26,29-31,33H,1,4-5,10-12,17-25H2,(H,41,46)(H2,40,42,48)/t29?,30-,31+,33?/m1/s1. The number of aliphatic imine (C=N–C) groups is 1. The lowest BCUT2D eigenvalue weighted by Gasteiger charge is -2.38. The number of piperidine rings is 1. The summed E-state index contributed by atoms with van der Waals surface area (Å²) in [7, 11) is 0. The van der Waals surface area contributed by atoms with Crippen molar-refractivity contribution in [2.24, 2.45) is 22.6 Å². The Morgan fingerprint density at radius 2 is 1.60 bits per heavy atom. The molecule has 0 aromatic heterocycles. The molecule has 12 nitrogen and oxygen atoms in total. The molecule has 2 saturated heterocycles. The van der Waals surface area contributed by atoms with E-state index in [0.717, 1.165) is 48.1 Å². The highest BCUT2D eigenvalue weighted by molar-refractivity contribution is 8.00. The van der Waals surface area contributed by atoms with Crippen LogP contribution in [0.25, 0.3) is 0 Å². The molecule has 2 unspecified atom stereocenters. The number of guanidine groups is 1. The summed E-state index contributed by atoms with van der Waals surface area (Å²) in [6, 6.07) is 16.4. The van der Waals surface area contributed by atoms with Gasteiger partial charge in [-0.05, 0) is 49.1 Å². The first-order valence-corrected chi connectivity index (χ1v) is 19.7. The number of nitrogens with zero attached hydrogens (tertiary/aromatic N) is 3. The van der Waals surface area contributed by atoms with Crippen molar-refractivity contribution in [3.8, 4) is 0 Å². The molecule has 1 saturated carbocycles. The molecular formula is C38H48ClN5O7S. The Hall–Kier alpha value is -4.10. The van der Waals surface area contributed by atoms with Crippen LogP contribution in [-0.4, -0.2) is 81.2 Å². The summed E-state index contributed by atoms with van der Waals surface area (Å²) < 4.78 is 10.7. The highest BCUT2D eigenvalue weighted by Gasteiger charge is 2.47. The fourth-order valence-electron chi connectivity index (χ4n) is 7.14. The van der Waals surface area contributed by atoms with Crippen molar-refractivity contribution in [3.05, 3.63) is 71.8 Å². The molecule has 2 aromatic carbocycles.